The van der Waals surface area contributed by atoms with E-state index in [2.05, 4.69) is 16.9 Å². The number of rotatable bonds is 3. The fourth-order valence-corrected chi connectivity index (χ4v) is 5.01. The van der Waals surface area contributed by atoms with Gasteiger partial charge in [-0.05, 0) is 55.4 Å². The van der Waals surface area contributed by atoms with Gasteiger partial charge in [-0.2, -0.15) is 5.10 Å². The van der Waals surface area contributed by atoms with E-state index in [1.54, 1.807) is 6.20 Å². The zero-order chi connectivity index (χ0) is 13.7. The number of amides is 1. The molecular formula is C16H23N3O. The summed E-state index contributed by atoms with van der Waals surface area (Å²) in [7, 11) is 0. The molecule has 2 bridgehead atoms. The highest BCUT2D eigenvalue weighted by atomic mass is 16.2. The molecule has 4 nitrogen and oxygen atoms in total. The Morgan fingerprint density at radius 3 is 2.55 bits per heavy atom. The number of nitrogens with zero attached hydrogens (tertiary/aromatic N) is 3. The summed E-state index contributed by atoms with van der Waals surface area (Å²) in [6, 6.07) is 1.79. The molecule has 0 spiro atoms. The van der Waals surface area contributed by atoms with Crippen LogP contribution >= 0.6 is 0 Å². The van der Waals surface area contributed by atoms with Crippen molar-refractivity contribution < 1.29 is 4.79 Å². The molecule has 20 heavy (non-hydrogen) atoms. The SMILES string of the molecule is CC[C@@H](C(=O)N1C[C@@H]2[C@@H]3CC[C@@H](C3)[C@@H]2C1)n1cccn1. The number of hydrogen-bond donors (Lipinski definition) is 0. The predicted molar refractivity (Wildman–Crippen MR) is 75.9 cm³/mol. The standard InChI is InChI=1S/C16H23N3O/c1-2-15(19-7-3-6-17-19)16(20)18-9-13-11-4-5-12(8-11)14(13)10-18/h3,6-7,11-15H,2,4-5,8-10H2,1H3/t11-,12+,13-,14+,15-/m0/s1. The van der Waals surface area contributed by atoms with Gasteiger partial charge in [-0.3, -0.25) is 9.48 Å². The molecule has 1 aliphatic heterocycles. The first-order chi connectivity index (χ1) is 9.78. The van der Waals surface area contributed by atoms with Gasteiger partial charge in [0.05, 0.1) is 0 Å². The summed E-state index contributed by atoms with van der Waals surface area (Å²) in [4.78, 5) is 14.9. The molecule has 0 N–H and O–H groups in total. The highest BCUT2D eigenvalue weighted by Gasteiger charge is 2.52. The van der Waals surface area contributed by atoms with Crippen molar-refractivity contribution >= 4 is 5.91 Å². The first-order valence-corrected chi connectivity index (χ1v) is 8.05. The van der Waals surface area contributed by atoms with E-state index in [4.69, 9.17) is 0 Å². The second kappa shape index (κ2) is 4.61. The van der Waals surface area contributed by atoms with E-state index in [0.29, 0.717) is 0 Å². The van der Waals surface area contributed by atoms with Crippen molar-refractivity contribution in [1.82, 2.24) is 14.7 Å². The number of aromatic nitrogens is 2. The van der Waals surface area contributed by atoms with Crippen molar-refractivity contribution in [3.63, 3.8) is 0 Å². The van der Waals surface area contributed by atoms with E-state index >= 15 is 0 Å². The van der Waals surface area contributed by atoms with Crippen LogP contribution in [0.2, 0.25) is 0 Å². The van der Waals surface area contributed by atoms with Crippen LogP contribution in [0.3, 0.4) is 0 Å². The maximum atomic E-state index is 12.8. The minimum Gasteiger partial charge on any atom is -0.340 e. The van der Waals surface area contributed by atoms with Crippen LogP contribution in [0.25, 0.3) is 0 Å². The largest absolute Gasteiger partial charge is 0.340 e. The Kier molecular flexibility index (Phi) is 2.86. The number of fused-ring (bicyclic) bond motifs is 5. The average molecular weight is 273 g/mol. The fraction of sp³-hybridized carbons (Fsp3) is 0.750. The molecule has 108 valence electrons. The highest BCUT2D eigenvalue weighted by Crippen LogP contribution is 2.55. The predicted octanol–water partition coefficient (Wildman–Crippen LogP) is 2.34. The fourth-order valence-electron chi connectivity index (χ4n) is 5.01. The summed E-state index contributed by atoms with van der Waals surface area (Å²) >= 11 is 0. The van der Waals surface area contributed by atoms with Gasteiger partial charge >= 0.3 is 0 Å². The first-order valence-electron chi connectivity index (χ1n) is 8.05. The molecule has 3 aliphatic rings. The van der Waals surface area contributed by atoms with Crippen LogP contribution < -0.4 is 0 Å². The number of likely N-dealkylation sites (tertiary alicyclic amines) is 1. The Labute approximate surface area is 120 Å². The normalized spacial score (nSPS) is 36.4. The van der Waals surface area contributed by atoms with Crippen molar-refractivity contribution in [2.75, 3.05) is 13.1 Å². The Balaban J connectivity index is 1.50. The van der Waals surface area contributed by atoms with Crippen molar-refractivity contribution in [3.05, 3.63) is 18.5 Å². The van der Waals surface area contributed by atoms with E-state index in [9.17, 15) is 4.79 Å². The van der Waals surface area contributed by atoms with Gasteiger partial charge in [0, 0.05) is 25.5 Å². The molecule has 2 saturated carbocycles. The molecule has 1 amide bonds. The van der Waals surface area contributed by atoms with Gasteiger partial charge in [0.1, 0.15) is 6.04 Å². The zero-order valence-electron chi connectivity index (χ0n) is 12.1. The summed E-state index contributed by atoms with van der Waals surface area (Å²) in [5, 5.41) is 4.26. The zero-order valence-corrected chi connectivity index (χ0v) is 12.1. The van der Waals surface area contributed by atoms with Crippen LogP contribution in [-0.2, 0) is 4.79 Å². The second-order valence-corrected chi connectivity index (χ2v) is 6.81. The lowest BCUT2D eigenvalue weighted by Gasteiger charge is -2.24. The van der Waals surface area contributed by atoms with Crippen LogP contribution in [0, 0.1) is 23.7 Å². The summed E-state index contributed by atoms with van der Waals surface area (Å²) in [5.41, 5.74) is 0. The van der Waals surface area contributed by atoms with Gasteiger partial charge in [0.15, 0.2) is 0 Å². The van der Waals surface area contributed by atoms with E-state index in [1.807, 2.05) is 16.9 Å². The van der Waals surface area contributed by atoms with Crippen molar-refractivity contribution in [2.24, 2.45) is 23.7 Å². The Hall–Kier alpha value is -1.32. The van der Waals surface area contributed by atoms with Crippen LogP contribution in [0.15, 0.2) is 18.5 Å². The van der Waals surface area contributed by atoms with E-state index in [1.165, 1.54) is 19.3 Å². The topological polar surface area (TPSA) is 38.1 Å². The Morgan fingerprint density at radius 2 is 2.00 bits per heavy atom. The van der Waals surface area contributed by atoms with Gasteiger partial charge < -0.3 is 4.90 Å². The molecule has 1 aromatic heterocycles. The number of hydrogen-bond acceptors (Lipinski definition) is 2. The molecule has 2 aliphatic carbocycles. The monoisotopic (exact) mass is 273 g/mol. The molecule has 4 heteroatoms. The molecule has 0 aromatic carbocycles. The Morgan fingerprint density at radius 1 is 1.30 bits per heavy atom. The van der Waals surface area contributed by atoms with Gasteiger partial charge in [-0.1, -0.05) is 6.92 Å². The van der Waals surface area contributed by atoms with Crippen LogP contribution in [-0.4, -0.2) is 33.7 Å². The molecule has 5 atom stereocenters. The van der Waals surface area contributed by atoms with E-state index in [-0.39, 0.29) is 11.9 Å². The molecule has 3 fully saturated rings. The van der Waals surface area contributed by atoms with Crippen LogP contribution in [0.1, 0.15) is 38.6 Å². The summed E-state index contributed by atoms with van der Waals surface area (Å²) in [6.07, 6.45) is 8.74. The van der Waals surface area contributed by atoms with Gasteiger partial charge in [0.2, 0.25) is 5.91 Å². The molecule has 1 saturated heterocycles. The minimum absolute atomic E-state index is 0.110. The van der Waals surface area contributed by atoms with E-state index in [0.717, 1.165) is 43.2 Å². The highest BCUT2D eigenvalue weighted by molar-refractivity contribution is 5.80. The first kappa shape index (κ1) is 12.4. The van der Waals surface area contributed by atoms with Crippen molar-refractivity contribution in [2.45, 2.75) is 38.6 Å². The lowest BCUT2D eigenvalue weighted by molar-refractivity contribution is -0.134. The third-order valence-corrected chi connectivity index (χ3v) is 5.96. The molecule has 0 unspecified atom stereocenters. The molecule has 1 aromatic rings. The van der Waals surface area contributed by atoms with Crippen molar-refractivity contribution in [1.29, 1.82) is 0 Å². The molecular weight excluding hydrogens is 250 g/mol. The lowest BCUT2D eigenvalue weighted by Crippen LogP contribution is -2.36. The third-order valence-electron chi connectivity index (χ3n) is 5.96. The minimum atomic E-state index is -0.110. The van der Waals surface area contributed by atoms with Gasteiger partial charge in [-0.25, -0.2) is 0 Å². The van der Waals surface area contributed by atoms with Crippen molar-refractivity contribution in [3.8, 4) is 0 Å². The average Bonchev–Trinajstić information content (AvgIpc) is 3.21. The van der Waals surface area contributed by atoms with Crippen LogP contribution in [0.4, 0.5) is 0 Å². The molecule has 4 rings (SSSR count). The third kappa shape index (κ3) is 1.73. The smallest absolute Gasteiger partial charge is 0.247 e. The number of carbonyl (C=O) groups excluding carboxylic acids is 1. The van der Waals surface area contributed by atoms with Crippen LogP contribution in [0.5, 0.6) is 0 Å². The second-order valence-electron chi connectivity index (χ2n) is 6.81. The van der Waals surface area contributed by atoms with Gasteiger partial charge in [0.25, 0.3) is 0 Å². The summed E-state index contributed by atoms with van der Waals surface area (Å²) in [6.45, 7) is 4.08. The quantitative estimate of drug-likeness (QED) is 0.848. The molecule has 0 radical (unpaired) electrons. The summed E-state index contributed by atoms with van der Waals surface area (Å²) in [5.74, 6) is 3.70. The summed E-state index contributed by atoms with van der Waals surface area (Å²) < 4.78 is 1.82. The maximum Gasteiger partial charge on any atom is 0.247 e. The van der Waals surface area contributed by atoms with Gasteiger partial charge in [-0.15, -0.1) is 0 Å². The Bertz CT molecular complexity index is 480. The lowest BCUT2D eigenvalue weighted by atomic mass is 9.82. The number of carbonyl (C=O) groups is 1. The maximum absolute atomic E-state index is 12.8. The van der Waals surface area contributed by atoms with E-state index < -0.39 is 0 Å². The molecule has 2 heterocycles.